The van der Waals surface area contributed by atoms with Crippen LogP contribution in [0.2, 0.25) is 5.02 Å². The van der Waals surface area contributed by atoms with Crippen molar-refractivity contribution >= 4 is 29.0 Å². The van der Waals surface area contributed by atoms with Gasteiger partial charge in [-0.1, -0.05) is 23.7 Å². The highest BCUT2D eigenvalue weighted by Crippen LogP contribution is 2.43. The molecular weight excluding hydrogens is 382 g/mol. The standard InChI is InChI=1S/C21H22ClNO5/c1-14(24)13-21(26)16-12-15(22)8-9-17(16)23(20(21)25)10-5-11-28-19-7-4-3-6-18(19)27-2/h3-4,6-9,12,26H,5,10-11,13H2,1-2H3/t21-/m1/s1. The first-order chi connectivity index (χ1) is 13.4. The predicted octanol–water partition coefficient (Wildman–Crippen LogP) is 3.33. The number of hydrogen-bond donors (Lipinski definition) is 1. The van der Waals surface area contributed by atoms with E-state index in [4.69, 9.17) is 21.1 Å². The third-order valence-electron chi connectivity index (χ3n) is 4.65. The van der Waals surface area contributed by atoms with Crippen LogP contribution in [-0.4, -0.2) is 37.1 Å². The lowest BCUT2D eigenvalue weighted by Gasteiger charge is -2.22. The number of Topliss-reactive ketones (excluding diaryl/α,β-unsaturated/α-hetero) is 1. The molecule has 3 rings (SSSR count). The van der Waals surface area contributed by atoms with E-state index in [9.17, 15) is 14.7 Å². The molecule has 0 saturated carbocycles. The van der Waals surface area contributed by atoms with Gasteiger partial charge in [0.1, 0.15) is 5.78 Å². The van der Waals surface area contributed by atoms with Gasteiger partial charge in [-0.05, 0) is 43.7 Å². The summed E-state index contributed by atoms with van der Waals surface area (Å²) in [5.41, 5.74) is -0.948. The highest BCUT2D eigenvalue weighted by Gasteiger charge is 2.50. The Hall–Kier alpha value is -2.57. The molecule has 1 heterocycles. The van der Waals surface area contributed by atoms with Crippen LogP contribution in [0, 0.1) is 0 Å². The van der Waals surface area contributed by atoms with Gasteiger partial charge in [0.25, 0.3) is 5.91 Å². The van der Waals surface area contributed by atoms with Crippen molar-refractivity contribution in [2.24, 2.45) is 0 Å². The van der Waals surface area contributed by atoms with E-state index < -0.39 is 11.5 Å². The summed E-state index contributed by atoms with van der Waals surface area (Å²) in [4.78, 5) is 26.0. The van der Waals surface area contributed by atoms with Gasteiger partial charge in [-0.15, -0.1) is 0 Å². The van der Waals surface area contributed by atoms with E-state index in [0.717, 1.165) is 0 Å². The quantitative estimate of drug-likeness (QED) is 0.684. The van der Waals surface area contributed by atoms with E-state index in [0.29, 0.717) is 47.3 Å². The van der Waals surface area contributed by atoms with Gasteiger partial charge >= 0.3 is 0 Å². The lowest BCUT2D eigenvalue weighted by atomic mass is 9.90. The number of carbonyl (C=O) groups excluding carboxylic acids is 2. The van der Waals surface area contributed by atoms with Crippen LogP contribution >= 0.6 is 11.6 Å². The molecule has 0 fully saturated rings. The predicted molar refractivity (Wildman–Crippen MR) is 106 cm³/mol. The van der Waals surface area contributed by atoms with Crippen LogP contribution in [0.4, 0.5) is 5.69 Å². The second-order valence-electron chi connectivity index (χ2n) is 6.71. The Morgan fingerprint density at radius 2 is 1.93 bits per heavy atom. The maximum Gasteiger partial charge on any atom is 0.264 e. The molecule has 2 aromatic carbocycles. The number of fused-ring (bicyclic) bond motifs is 1. The first-order valence-corrected chi connectivity index (χ1v) is 9.34. The van der Waals surface area contributed by atoms with Crippen molar-refractivity contribution in [1.29, 1.82) is 0 Å². The molecule has 28 heavy (non-hydrogen) atoms. The molecule has 0 spiro atoms. The number of methoxy groups -OCH3 is 1. The van der Waals surface area contributed by atoms with Gasteiger partial charge in [-0.2, -0.15) is 0 Å². The van der Waals surface area contributed by atoms with Crippen LogP contribution in [0.1, 0.15) is 25.3 Å². The number of hydrogen-bond acceptors (Lipinski definition) is 5. The highest BCUT2D eigenvalue weighted by atomic mass is 35.5. The number of anilines is 1. The maximum atomic E-state index is 12.9. The van der Waals surface area contributed by atoms with Gasteiger partial charge in [0.05, 0.1) is 19.4 Å². The zero-order chi connectivity index (χ0) is 20.3. The summed E-state index contributed by atoms with van der Waals surface area (Å²) >= 11 is 6.05. The average molecular weight is 404 g/mol. The Labute approximate surface area is 168 Å². The van der Waals surface area contributed by atoms with Gasteiger partial charge in [0.15, 0.2) is 17.1 Å². The Morgan fingerprint density at radius 3 is 2.61 bits per heavy atom. The van der Waals surface area contributed by atoms with E-state index in [-0.39, 0.29) is 12.2 Å². The van der Waals surface area contributed by atoms with E-state index in [1.807, 2.05) is 18.2 Å². The molecular formula is C21H22ClNO5. The molecule has 0 radical (unpaired) electrons. The van der Waals surface area contributed by atoms with Crippen molar-refractivity contribution in [1.82, 2.24) is 0 Å². The lowest BCUT2D eigenvalue weighted by Crippen LogP contribution is -2.42. The zero-order valence-corrected chi connectivity index (χ0v) is 16.5. The monoisotopic (exact) mass is 403 g/mol. The number of ether oxygens (including phenoxy) is 2. The molecule has 0 bridgehead atoms. The van der Waals surface area contributed by atoms with Gasteiger partial charge in [0.2, 0.25) is 0 Å². The molecule has 1 aliphatic heterocycles. The summed E-state index contributed by atoms with van der Waals surface area (Å²) in [6.07, 6.45) is 0.245. The molecule has 0 aliphatic carbocycles. The first kappa shape index (κ1) is 20.2. The maximum absolute atomic E-state index is 12.9. The van der Waals surface area contributed by atoms with Crippen molar-refractivity contribution < 1.29 is 24.2 Å². The number of rotatable bonds is 8. The van der Waals surface area contributed by atoms with E-state index in [2.05, 4.69) is 0 Å². The van der Waals surface area contributed by atoms with Crippen LogP contribution in [0.25, 0.3) is 0 Å². The van der Waals surface area contributed by atoms with Crippen LogP contribution < -0.4 is 14.4 Å². The van der Waals surface area contributed by atoms with Crippen molar-refractivity contribution in [3.63, 3.8) is 0 Å². The third kappa shape index (κ3) is 3.84. The number of aliphatic hydroxyl groups is 1. The summed E-state index contributed by atoms with van der Waals surface area (Å²) in [6, 6.07) is 12.2. The Morgan fingerprint density at radius 1 is 1.21 bits per heavy atom. The van der Waals surface area contributed by atoms with E-state index in [1.54, 1.807) is 31.4 Å². The molecule has 2 aromatic rings. The van der Waals surface area contributed by atoms with Gasteiger partial charge in [-0.3, -0.25) is 9.59 Å². The molecule has 1 amide bonds. The second-order valence-corrected chi connectivity index (χ2v) is 7.15. The number of amides is 1. The SMILES string of the molecule is COc1ccccc1OCCCN1C(=O)[C@@](O)(CC(C)=O)c2cc(Cl)ccc21. The van der Waals surface area contributed by atoms with E-state index in [1.165, 1.54) is 11.8 Å². The highest BCUT2D eigenvalue weighted by molar-refractivity contribution is 6.31. The van der Waals surface area contributed by atoms with Crippen LogP contribution in [0.15, 0.2) is 42.5 Å². The molecule has 6 nitrogen and oxygen atoms in total. The fraction of sp³-hybridized carbons (Fsp3) is 0.333. The normalized spacial score (nSPS) is 18.1. The van der Waals surface area contributed by atoms with Gasteiger partial charge < -0.3 is 19.5 Å². The van der Waals surface area contributed by atoms with Crippen LogP contribution in [0.5, 0.6) is 11.5 Å². The summed E-state index contributed by atoms with van der Waals surface area (Å²) < 4.78 is 11.0. The fourth-order valence-corrected chi connectivity index (χ4v) is 3.59. The summed E-state index contributed by atoms with van der Waals surface area (Å²) in [5, 5.41) is 11.4. The Kier molecular flexibility index (Phi) is 5.91. The fourth-order valence-electron chi connectivity index (χ4n) is 3.42. The van der Waals surface area contributed by atoms with Crippen LogP contribution in [0.3, 0.4) is 0 Å². The largest absolute Gasteiger partial charge is 0.493 e. The van der Waals surface area contributed by atoms with E-state index >= 15 is 0 Å². The topological polar surface area (TPSA) is 76.1 Å². The Bertz CT molecular complexity index is 900. The van der Waals surface area contributed by atoms with Crippen molar-refractivity contribution in [3.8, 4) is 11.5 Å². The number of para-hydroxylation sites is 2. The minimum absolute atomic E-state index is 0.275. The minimum atomic E-state index is -1.88. The first-order valence-electron chi connectivity index (χ1n) is 8.96. The minimum Gasteiger partial charge on any atom is -0.493 e. The molecule has 7 heteroatoms. The van der Waals surface area contributed by atoms with Gasteiger partial charge in [0, 0.05) is 23.6 Å². The number of halogens is 1. The van der Waals surface area contributed by atoms with Gasteiger partial charge in [-0.25, -0.2) is 0 Å². The molecule has 0 aromatic heterocycles. The molecule has 148 valence electrons. The third-order valence-corrected chi connectivity index (χ3v) is 4.89. The van der Waals surface area contributed by atoms with Crippen molar-refractivity contribution in [2.75, 3.05) is 25.2 Å². The summed E-state index contributed by atoms with van der Waals surface area (Å²) in [7, 11) is 1.57. The summed E-state index contributed by atoms with van der Waals surface area (Å²) in [6.45, 7) is 2.04. The zero-order valence-electron chi connectivity index (χ0n) is 15.8. The van der Waals surface area contributed by atoms with Crippen LogP contribution in [-0.2, 0) is 15.2 Å². The average Bonchev–Trinajstić information content (AvgIpc) is 2.86. The number of benzene rings is 2. The molecule has 0 unspecified atom stereocenters. The van der Waals surface area contributed by atoms with Crippen molar-refractivity contribution in [2.45, 2.75) is 25.4 Å². The smallest absolute Gasteiger partial charge is 0.264 e. The molecule has 1 aliphatic rings. The summed E-state index contributed by atoms with van der Waals surface area (Å²) in [5.74, 6) is 0.467. The lowest BCUT2D eigenvalue weighted by molar-refractivity contribution is -0.141. The molecule has 0 saturated heterocycles. The molecule has 1 N–H and O–H groups in total. The van der Waals surface area contributed by atoms with Crippen molar-refractivity contribution in [3.05, 3.63) is 53.1 Å². The number of ketones is 1. The molecule has 1 atom stereocenters. The second kappa shape index (κ2) is 8.20. The number of nitrogens with zero attached hydrogens (tertiary/aromatic N) is 1. The Balaban J connectivity index is 1.72. The number of carbonyl (C=O) groups is 2.